The summed E-state index contributed by atoms with van der Waals surface area (Å²) in [6.45, 7) is 1.67. The molecule has 0 aliphatic carbocycles. The van der Waals surface area contributed by atoms with Gasteiger partial charge in [0, 0.05) is 5.56 Å². The Morgan fingerprint density at radius 3 is 1.76 bits per heavy atom. The highest BCUT2D eigenvalue weighted by molar-refractivity contribution is 6.13. The van der Waals surface area contributed by atoms with Gasteiger partial charge < -0.3 is 14.8 Å². The molecule has 1 saturated heterocycles. The molecular formula is C27H26N2O5. The number of ketones is 1. The molecule has 3 amide bonds. The lowest BCUT2D eigenvalue weighted by Crippen LogP contribution is -2.45. The first kappa shape index (κ1) is 23.0. The quantitative estimate of drug-likeness (QED) is 0.408. The van der Waals surface area contributed by atoms with Crippen LogP contribution >= 0.6 is 0 Å². The molecule has 0 unspecified atom stereocenters. The third kappa shape index (κ3) is 4.01. The van der Waals surface area contributed by atoms with E-state index in [0.29, 0.717) is 28.2 Å². The van der Waals surface area contributed by atoms with Crippen LogP contribution in [0, 0.1) is 0 Å². The lowest BCUT2D eigenvalue weighted by atomic mass is 9.82. The van der Waals surface area contributed by atoms with Crippen molar-refractivity contribution in [3.05, 3.63) is 95.1 Å². The van der Waals surface area contributed by atoms with E-state index in [-0.39, 0.29) is 12.3 Å². The summed E-state index contributed by atoms with van der Waals surface area (Å²) in [5.41, 5.74) is 1.18. The Labute approximate surface area is 198 Å². The first-order chi connectivity index (χ1) is 16.4. The third-order valence-electron chi connectivity index (χ3n) is 6.14. The van der Waals surface area contributed by atoms with E-state index in [2.05, 4.69) is 5.32 Å². The number of rotatable bonds is 8. The van der Waals surface area contributed by atoms with Gasteiger partial charge in [-0.25, -0.2) is 4.79 Å². The monoisotopic (exact) mass is 458 g/mol. The maximum Gasteiger partial charge on any atom is 0.325 e. The van der Waals surface area contributed by atoms with Crippen molar-refractivity contribution >= 4 is 17.7 Å². The molecule has 0 radical (unpaired) electrons. The predicted molar refractivity (Wildman–Crippen MR) is 127 cm³/mol. The zero-order valence-electron chi connectivity index (χ0n) is 19.3. The minimum Gasteiger partial charge on any atom is -0.497 e. The van der Waals surface area contributed by atoms with Crippen LogP contribution in [0.4, 0.5) is 4.79 Å². The van der Waals surface area contributed by atoms with E-state index in [9.17, 15) is 14.4 Å². The van der Waals surface area contributed by atoms with Gasteiger partial charge in [0.25, 0.3) is 5.91 Å². The van der Waals surface area contributed by atoms with E-state index in [1.54, 1.807) is 74.9 Å². The summed E-state index contributed by atoms with van der Waals surface area (Å²) in [6, 6.07) is 20.4. The van der Waals surface area contributed by atoms with Gasteiger partial charge in [-0.15, -0.1) is 0 Å². The number of imide groups is 1. The average Bonchev–Trinajstić information content (AvgIpc) is 3.14. The molecule has 0 bridgehead atoms. The van der Waals surface area contributed by atoms with Gasteiger partial charge in [-0.2, -0.15) is 0 Å². The van der Waals surface area contributed by atoms with Gasteiger partial charge in [-0.1, -0.05) is 55.5 Å². The fourth-order valence-corrected chi connectivity index (χ4v) is 4.12. The van der Waals surface area contributed by atoms with Gasteiger partial charge in [0.15, 0.2) is 11.3 Å². The lowest BCUT2D eigenvalue weighted by Gasteiger charge is -2.28. The summed E-state index contributed by atoms with van der Waals surface area (Å²) < 4.78 is 10.5. The predicted octanol–water partition coefficient (Wildman–Crippen LogP) is 3.94. The van der Waals surface area contributed by atoms with Crippen molar-refractivity contribution in [1.29, 1.82) is 0 Å². The largest absolute Gasteiger partial charge is 0.497 e. The first-order valence-electron chi connectivity index (χ1n) is 11.0. The average molecular weight is 459 g/mol. The van der Waals surface area contributed by atoms with E-state index in [1.807, 2.05) is 19.1 Å². The SMILES string of the molecule is CCc1ccc(C(=O)CN2C(=O)NC(c3ccc(OC)cc3)(c3ccc(OC)cc3)C2=O)cc1. The topological polar surface area (TPSA) is 84.9 Å². The van der Waals surface area contributed by atoms with Crippen LogP contribution in [0.5, 0.6) is 11.5 Å². The van der Waals surface area contributed by atoms with Crippen molar-refractivity contribution in [1.82, 2.24) is 10.2 Å². The number of urea groups is 1. The van der Waals surface area contributed by atoms with Crippen molar-refractivity contribution in [3.8, 4) is 11.5 Å². The molecule has 7 heteroatoms. The molecule has 0 aromatic heterocycles. The number of Topliss-reactive ketones (excluding diaryl/α,β-unsaturated/α-hetero) is 1. The highest BCUT2D eigenvalue weighted by Gasteiger charge is 2.54. The molecule has 0 spiro atoms. The number of hydrogen-bond donors (Lipinski definition) is 1. The molecule has 7 nitrogen and oxygen atoms in total. The van der Waals surface area contributed by atoms with Crippen molar-refractivity contribution < 1.29 is 23.9 Å². The number of aryl methyl sites for hydroxylation is 1. The maximum atomic E-state index is 13.8. The minimum atomic E-state index is -1.48. The number of methoxy groups -OCH3 is 2. The first-order valence-corrected chi connectivity index (χ1v) is 11.0. The second-order valence-corrected chi connectivity index (χ2v) is 8.00. The number of ether oxygens (including phenoxy) is 2. The van der Waals surface area contributed by atoms with Crippen molar-refractivity contribution in [2.45, 2.75) is 18.9 Å². The number of amides is 3. The van der Waals surface area contributed by atoms with Gasteiger partial charge in [0.1, 0.15) is 11.5 Å². The second kappa shape index (κ2) is 9.39. The summed E-state index contributed by atoms with van der Waals surface area (Å²) in [5, 5.41) is 2.85. The lowest BCUT2D eigenvalue weighted by molar-refractivity contribution is -0.129. The number of carbonyl (C=O) groups is 3. The summed E-state index contributed by atoms with van der Waals surface area (Å²) in [6.07, 6.45) is 0.855. The minimum absolute atomic E-state index is 0.314. The smallest absolute Gasteiger partial charge is 0.325 e. The molecule has 1 heterocycles. The van der Waals surface area contributed by atoms with Crippen molar-refractivity contribution in [3.63, 3.8) is 0 Å². The number of hydrogen-bond acceptors (Lipinski definition) is 5. The van der Waals surface area contributed by atoms with E-state index in [1.165, 1.54) is 0 Å². The van der Waals surface area contributed by atoms with Crippen molar-refractivity contribution in [2.75, 3.05) is 20.8 Å². The van der Waals surface area contributed by atoms with E-state index < -0.39 is 17.5 Å². The summed E-state index contributed by atoms with van der Waals surface area (Å²) >= 11 is 0. The molecular weight excluding hydrogens is 432 g/mol. The highest BCUT2D eigenvalue weighted by Crippen LogP contribution is 2.37. The molecule has 1 N–H and O–H groups in total. The molecule has 3 aromatic carbocycles. The van der Waals surface area contributed by atoms with Gasteiger partial charge in [-0.05, 0) is 47.4 Å². The van der Waals surface area contributed by atoms with E-state index in [0.717, 1.165) is 16.9 Å². The fraction of sp³-hybridized carbons (Fsp3) is 0.222. The molecule has 0 atom stereocenters. The number of benzene rings is 3. The molecule has 174 valence electrons. The molecule has 1 aliphatic heterocycles. The Hall–Kier alpha value is -4.13. The Bertz CT molecular complexity index is 1150. The van der Waals surface area contributed by atoms with Crippen LogP contribution in [-0.4, -0.2) is 43.4 Å². The van der Waals surface area contributed by atoms with Crippen LogP contribution in [0.2, 0.25) is 0 Å². The van der Waals surface area contributed by atoms with Gasteiger partial charge in [0.05, 0.1) is 20.8 Å². The van der Waals surface area contributed by atoms with Crippen molar-refractivity contribution in [2.24, 2.45) is 0 Å². The molecule has 1 fully saturated rings. The van der Waals surface area contributed by atoms with Crippen LogP contribution in [0.15, 0.2) is 72.8 Å². The van der Waals surface area contributed by atoms with Crippen LogP contribution in [-0.2, 0) is 16.8 Å². The molecule has 0 saturated carbocycles. The van der Waals surface area contributed by atoms with Crippen LogP contribution in [0.25, 0.3) is 0 Å². The fourth-order valence-electron chi connectivity index (χ4n) is 4.12. The molecule has 34 heavy (non-hydrogen) atoms. The molecule has 4 rings (SSSR count). The maximum absolute atomic E-state index is 13.8. The van der Waals surface area contributed by atoms with Gasteiger partial charge >= 0.3 is 6.03 Å². The summed E-state index contributed by atoms with van der Waals surface area (Å²) in [5.74, 6) is 0.402. The molecule has 3 aromatic rings. The summed E-state index contributed by atoms with van der Waals surface area (Å²) in [4.78, 5) is 40.8. The number of nitrogens with one attached hydrogen (secondary N) is 1. The number of carbonyl (C=O) groups excluding carboxylic acids is 3. The number of nitrogens with zero attached hydrogens (tertiary/aromatic N) is 1. The third-order valence-corrected chi connectivity index (χ3v) is 6.14. The second-order valence-electron chi connectivity index (χ2n) is 8.00. The Morgan fingerprint density at radius 2 is 1.32 bits per heavy atom. The molecule has 1 aliphatic rings. The van der Waals surface area contributed by atoms with Gasteiger partial charge in [0.2, 0.25) is 0 Å². The van der Waals surface area contributed by atoms with E-state index >= 15 is 0 Å². The van der Waals surface area contributed by atoms with E-state index in [4.69, 9.17) is 9.47 Å². The van der Waals surface area contributed by atoms with Crippen LogP contribution in [0.3, 0.4) is 0 Å². The summed E-state index contributed by atoms with van der Waals surface area (Å²) in [7, 11) is 3.11. The normalized spacial score (nSPS) is 14.6. The van der Waals surface area contributed by atoms with Crippen LogP contribution in [0.1, 0.15) is 34.0 Å². The Morgan fingerprint density at radius 1 is 0.824 bits per heavy atom. The highest BCUT2D eigenvalue weighted by atomic mass is 16.5. The zero-order valence-corrected chi connectivity index (χ0v) is 19.3. The zero-order chi connectivity index (χ0) is 24.3. The Balaban J connectivity index is 1.72. The standard InChI is InChI=1S/C27H26N2O5/c1-4-18-5-7-19(8-6-18)24(30)17-29-25(31)27(28-26(29)32,20-9-13-22(33-2)14-10-20)21-11-15-23(34-3)16-12-21/h5-16H,4,17H2,1-3H3,(H,28,32). The Kier molecular flexibility index (Phi) is 6.36. The van der Waals surface area contributed by atoms with Gasteiger partial charge in [-0.3, -0.25) is 14.5 Å². The van der Waals surface area contributed by atoms with Crippen LogP contribution < -0.4 is 14.8 Å².